The molecular weight excluding hydrogens is 384 g/mol. The Bertz CT molecular complexity index is 793. The van der Waals surface area contributed by atoms with Crippen molar-refractivity contribution >= 4 is 18.7 Å². The third kappa shape index (κ3) is 5.81. The molecule has 30 heavy (non-hydrogen) atoms. The smallest absolute Gasteiger partial charge is 0.261 e. The van der Waals surface area contributed by atoms with Crippen LogP contribution < -0.4 is 10.4 Å². The molecule has 2 aromatic carbocycles. The maximum atomic E-state index is 10.2. The molecule has 3 heteroatoms. The summed E-state index contributed by atoms with van der Waals surface area (Å²) >= 11 is 0. The molecule has 2 nitrogen and oxygen atoms in total. The van der Waals surface area contributed by atoms with E-state index in [0.29, 0.717) is 6.61 Å². The third-order valence-electron chi connectivity index (χ3n) is 5.94. The van der Waals surface area contributed by atoms with Crippen molar-refractivity contribution in [1.29, 1.82) is 0 Å². The SMILES string of the molecule is C/C=C(\C)C(O)CC/C(C)=C/CO[Si](c1ccccc1)(c1ccccc1)C(C)(C)C. The van der Waals surface area contributed by atoms with Crippen LogP contribution >= 0.6 is 0 Å². The molecule has 0 aromatic heterocycles. The van der Waals surface area contributed by atoms with Crippen LogP contribution in [-0.2, 0) is 4.43 Å². The zero-order chi connectivity index (χ0) is 22.2. The van der Waals surface area contributed by atoms with Gasteiger partial charge in [-0.25, -0.2) is 0 Å². The molecule has 0 amide bonds. The number of hydrogen-bond donors (Lipinski definition) is 1. The van der Waals surface area contributed by atoms with E-state index >= 15 is 0 Å². The molecule has 0 aliphatic carbocycles. The largest absolute Gasteiger partial charge is 0.404 e. The zero-order valence-corrected chi connectivity index (χ0v) is 20.5. The molecule has 0 aliphatic heterocycles. The van der Waals surface area contributed by atoms with E-state index in [1.807, 2.05) is 19.9 Å². The summed E-state index contributed by atoms with van der Waals surface area (Å²) in [5.41, 5.74) is 2.29. The van der Waals surface area contributed by atoms with E-state index in [-0.39, 0.29) is 11.1 Å². The molecule has 1 atom stereocenters. The summed E-state index contributed by atoms with van der Waals surface area (Å²) in [7, 11) is -2.49. The normalized spacial score (nSPS) is 14.6. The number of allylic oxidation sites excluding steroid dienone is 2. The fourth-order valence-corrected chi connectivity index (χ4v) is 8.45. The molecule has 162 valence electrons. The van der Waals surface area contributed by atoms with Crippen molar-refractivity contribution in [2.75, 3.05) is 6.61 Å². The highest BCUT2D eigenvalue weighted by molar-refractivity contribution is 6.99. The molecule has 1 N–H and O–H groups in total. The average Bonchev–Trinajstić information content (AvgIpc) is 2.74. The van der Waals surface area contributed by atoms with Crippen molar-refractivity contribution in [3.63, 3.8) is 0 Å². The number of aliphatic hydroxyl groups excluding tert-OH is 1. The standard InChI is InChI=1S/C27H38O2Si/c1-7-23(3)26(28)19-18-22(2)20-21-29-30(27(4,5)6,24-14-10-8-11-15-24)25-16-12-9-13-17-25/h7-17,20,26,28H,18-19,21H2,1-6H3/b22-20+,23-7+. The van der Waals surface area contributed by atoms with Gasteiger partial charge in [-0.05, 0) is 54.6 Å². The van der Waals surface area contributed by atoms with Crippen LogP contribution in [0, 0.1) is 0 Å². The van der Waals surface area contributed by atoms with Gasteiger partial charge in [-0.1, -0.05) is 99.2 Å². The van der Waals surface area contributed by atoms with Gasteiger partial charge in [-0.3, -0.25) is 0 Å². The molecule has 0 heterocycles. The van der Waals surface area contributed by atoms with Gasteiger partial charge in [0.25, 0.3) is 8.32 Å². The second-order valence-corrected chi connectivity index (χ2v) is 13.4. The summed E-state index contributed by atoms with van der Waals surface area (Å²) in [6, 6.07) is 21.5. The first-order chi connectivity index (χ1) is 14.2. The van der Waals surface area contributed by atoms with Crippen LogP contribution in [0.1, 0.15) is 54.4 Å². The Kier molecular flexibility index (Phi) is 8.84. The fraction of sp³-hybridized carbons (Fsp3) is 0.407. The molecule has 0 saturated carbocycles. The number of hydrogen-bond acceptors (Lipinski definition) is 2. The average molecular weight is 423 g/mol. The van der Waals surface area contributed by atoms with E-state index in [0.717, 1.165) is 18.4 Å². The van der Waals surface area contributed by atoms with Crippen LogP contribution in [0.5, 0.6) is 0 Å². The van der Waals surface area contributed by atoms with Gasteiger partial charge in [0.15, 0.2) is 0 Å². The first-order valence-corrected chi connectivity index (χ1v) is 12.8. The fourth-order valence-electron chi connectivity index (χ4n) is 3.96. The van der Waals surface area contributed by atoms with Gasteiger partial charge in [-0.15, -0.1) is 0 Å². The molecule has 0 fully saturated rings. The van der Waals surface area contributed by atoms with Crippen molar-refractivity contribution in [2.45, 2.75) is 65.5 Å². The second kappa shape index (κ2) is 10.9. The van der Waals surface area contributed by atoms with E-state index in [4.69, 9.17) is 4.43 Å². The van der Waals surface area contributed by atoms with Gasteiger partial charge in [0, 0.05) is 0 Å². The Hall–Kier alpha value is -1.94. The molecular formula is C27H38O2Si. The van der Waals surface area contributed by atoms with Crippen molar-refractivity contribution in [3.8, 4) is 0 Å². The predicted molar refractivity (Wildman–Crippen MR) is 132 cm³/mol. The molecule has 0 aliphatic rings. The summed E-state index contributed by atoms with van der Waals surface area (Å²) in [5.74, 6) is 0. The topological polar surface area (TPSA) is 29.5 Å². The van der Waals surface area contributed by atoms with Crippen LogP contribution in [0.2, 0.25) is 5.04 Å². The highest BCUT2D eigenvalue weighted by Gasteiger charge is 2.49. The third-order valence-corrected chi connectivity index (χ3v) is 10.9. The van der Waals surface area contributed by atoms with Gasteiger partial charge in [0.1, 0.15) is 0 Å². The van der Waals surface area contributed by atoms with Gasteiger partial charge < -0.3 is 9.53 Å². The van der Waals surface area contributed by atoms with E-state index in [1.54, 1.807) is 0 Å². The maximum absolute atomic E-state index is 10.2. The minimum absolute atomic E-state index is 0.0172. The number of rotatable bonds is 9. The second-order valence-electron chi connectivity index (χ2n) is 9.11. The van der Waals surface area contributed by atoms with E-state index in [9.17, 15) is 5.11 Å². The van der Waals surface area contributed by atoms with Crippen molar-refractivity contribution in [3.05, 3.63) is 84.0 Å². The Labute approximate surface area is 184 Å². The van der Waals surface area contributed by atoms with Gasteiger partial charge in [0.05, 0.1) is 12.7 Å². The quantitative estimate of drug-likeness (QED) is 0.420. The lowest BCUT2D eigenvalue weighted by molar-refractivity contribution is 0.200. The highest BCUT2D eigenvalue weighted by Crippen LogP contribution is 2.36. The lowest BCUT2D eigenvalue weighted by Crippen LogP contribution is -2.66. The minimum Gasteiger partial charge on any atom is -0.404 e. The molecule has 0 radical (unpaired) electrons. The van der Waals surface area contributed by atoms with Gasteiger partial charge in [0.2, 0.25) is 0 Å². The lowest BCUT2D eigenvalue weighted by atomic mass is 10.0. The van der Waals surface area contributed by atoms with Crippen LogP contribution in [0.15, 0.2) is 84.0 Å². The van der Waals surface area contributed by atoms with Crippen molar-refractivity contribution in [2.24, 2.45) is 0 Å². The van der Waals surface area contributed by atoms with E-state index in [1.165, 1.54) is 15.9 Å². The summed E-state index contributed by atoms with van der Waals surface area (Å²) in [4.78, 5) is 0. The van der Waals surface area contributed by atoms with Crippen LogP contribution in [0.4, 0.5) is 0 Å². The summed E-state index contributed by atoms with van der Waals surface area (Å²) < 4.78 is 6.90. The summed E-state index contributed by atoms with van der Waals surface area (Å²) in [5, 5.41) is 12.8. The first-order valence-electron chi connectivity index (χ1n) is 10.9. The molecule has 0 saturated heterocycles. The molecule has 1 unspecified atom stereocenters. The van der Waals surface area contributed by atoms with E-state index in [2.05, 4.69) is 94.4 Å². The molecule has 0 bridgehead atoms. The Balaban J connectivity index is 2.29. The van der Waals surface area contributed by atoms with Crippen molar-refractivity contribution in [1.82, 2.24) is 0 Å². The number of aliphatic hydroxyl groups is 1. The maximum Gasteiger partial charge on any atom is 0.261 e. The summed E-state index contributed by atoms with van der Waals surface area (Å²) in [6.45, 7) is 13.6. The molecule has 0 spiro atoms. The first kappa shape index (κ1) is 24.3. The summed E-state index contributed by atoms with van der Waals surface area (Å²) in [6.07, 6.45) is 5.43. The Morgan fingerprint density at radius 1 is 0.967 bits per heavy atom. The van der Waals surface area contributed by atoms with Gasteiger partial charge in [-0.2, -0.15) is 0 Å². The van der Waals surface area contributed by atoms with Crippen LogP contribution in [0.25, 0.3) is 0 Å². The Morgan fingerprint density at radius 2 is 1.47 bits per heavy atom. The molecule has 2 aromatic rings. The van der Waals surface area contributed by atoms with E-state index < -0.39 is 8.32 Å². The van der Waals surface area contributed by atoms with Crippen LogP contribution in [0.3, 0.4) is 0 Å². The zero-order valence-electron chi connectivity index (χ0n) is 19.5. The predicted octanol–water partition coefficient (Wildman–Crippen LogP) is 5.62. The Morgan fingerprint density at radius 3 is 1.90 bits per heavy atom. The van der Waals surface area contributed by atoms with Gasteiger partial charge >= 0.3 is 0 Å². The van der Waals surface area contributed by atoms with Crippen molar-refractivity contribution < 1.29 is 9.53 Å². The van der Waals surface area contributed by atoms with Crippen LogP contribution in [-0.4, -0.2) is 26.1 Å². The molecule has 2 rings (SSSR count). The lowest BCUT2D eigenvalue weighted by Gasteiger charge is -2.42. The monoisotopic (exact) mass is 422 g/mol. The minimum atomic E-state index is -2.49. The highest BCUT2D eigenvalue weighted by atomic mass is 28.4. The number of benzene rings is 2.